The van der Waals surface area contributed by atoms with Gasteiger partial charge in [-0.05, 0) is 88.8 Å². The fourth-order valence-corrected chi connectivity index (χ4v) is 17.8. The Hall–Kier alpha value is -6.04. The lowest BCUT2D eigenvalue weighted by Gasteiger charge is -2.36. The molecule has 0 radical (unpaired) electrons. The maximum atomic E-state index is 2.66. The number of benzene rings is 9. The van der Waals surface area contributed by atoms with E-state index in [-0.39, 0.29) is 6.71 Å². The van der Waals surface area contributed by atoms with Gasteiger partial charge in [-0.25, -0.2) is 0 Å². The van der Waals surface area contributed by atoms with Crippen LogP contribution in [0.1, 0.15) is 0 Å². The van der Waals surface area contributed by atoms with E-state index in [4.69, 9.17) is 0 Å². The highest BCUT2D eigenvalue weighted by Crippen LogP contribution is 2.45. The van der Waals surface area contributed by atoms with E-state index in [1.165, 1.54) is 111 Å². The molecule has 13 rings (SSSR count). The minimum absolute atomic E-state index is 0.0852. The molecule has 2 aromatic heterocycles. The fraction of sp³-hybridized carbons (Fsp3) is 0. The molecule has 0 atom stereocenters. The van der Waals surface area contributed by atoms with E-state index >= 15 is 0 Å². The number of hydrogen-bond donors (Lipinski definition) is 0. The molecule has 0 N–H and O–H groups in total. The van der Waals surface area contributed by atoms with E-state index in [1.807, 2.05) is 22.7 Å². The van der Waals surface area contributed by atoms with E-state index in [0.29, 0.717) is 0 Å². The van der Waals surface area contributed by atoms with Crippen molar-refractivity contribution in [1.29, 1.82) is 0 Å². The number of hydrogen-bond acceptors (Lipinski definition) is 2. The maximum Gasteiger partial charge on any atom is 0.244 e. The van der Waals surface area contributed by atoms with Gasteiger partial charge in [0.05, 0.1) is 0 Å². The summed E-state index contributed by atoms with van der Waals surface area (Å²) < 4.78 is 5.47. The summed E-state index contributed by atoms with van der Waals surface area (Å²) in [5.41, 5.74) is 9.75. The van der Waals surface area contributed by atoms with Crippen LogP contribution in [0, 0.1) is 0 Å². The lowest BCUT2D eigenvalue weighted by molar-refractivity contribution is 1.66. The van der Waals surface area contributed by atoms with Gasteiger partial charge in [0, 0.05) is 29.6 Å². The summed E-state index contributed by atoms with van der Waals surface area (Å²) in [4.78, 5) is 0. The van der Waals surface area contributed by atoms with Crippen LogP contribution in [0.2, 0.25) is 0 Å². The molecule has 0 amide bonds. The van der Waals surface area contributed by atoms with Gasteiger partial charge in [-0.2, -0.15) is 0 Å². The molecule has 0 saturated carbocycles. The summed E-state index contributed by atoms with van der Waals surface area (Å²) in [5.74, 6) is 0. The van der Waals surface area contributed by atoms with Crippen LogP contribution >= 0.6 is 22.7 Å². The third kappa shape index (κ3) is 4.03. The highest BCUT2D eigenvalue weighted by atomic mass is 32.1. The molecule has 0 bridgehead atoms. The standard InChI is InChI=1S/C52H31BS2Si/c1-3-15-34(16-4-1)56(35-17-5-2-6-18-35,36-28-27-32-13-7-8-14-33(32)29-36)37-30-40-38-19-9-23-44-48(38)50-42(21-11-25-46(50)54-44)53-43-22-12-26-47-51(43)49-39(41(31-37)52(40)53)20-10-24-45(49)55-47/h1-31H. The first-order valence-corrected chi connectivity index (χ1v) is 23.1. The summed E-state index contributed by atoms with van der Waals surface area (Å²) in [5, 5.41) is 13.8. The first-order chi connectivity index (χ1) is 27.8. The quantitative estimate of drug-likeness (QED) is 0.124. The van der Waals surface area contributed by atoms with Gasteiger partial charge in [0.25, 0.3) is 0 Å². The van der Waals surface area contributed by atoms with Gasteiger partial charge < -0.3 is 0 Å². The Morgan fingerprint density at radius 3 is 1.36 bits per heavy atom. The highest BCUT2D eigenvalue weighted by molar-refractivity contribution is 7.27. The van der Waals surface area contributed by atoms with Gasteiger partial charge in [-0.1, -0.05) is 180 Å². The molecule has 258 valence electrons. The zero-order valence-corrected chi connectivity index (χ0v) is 32.9. The van der Waals surface area contributed by atoms with Crippen LogP contribution in [0.5, 0.6) is 0 Å². The Morgan fingerprint density at radius 1 is 0.321 bits per heavy atom. The normalized spacial score (nSPS) is 13.0. The largest absolute Gasteiger partial charge is 0.244 e. The Kier molecular flexibility index (Phi) is 6.41. The van der Waals surface area contributed by atoms with Gasteiger partial charge in [0.2, 0.25) is 6.71 Å². The monoisotopic (exact) mass is 758 g/mol. The third-order valence-corrected chi connectivity index (χ3v) is 19.8. The maximum absolute atomic E-state index is 2.97. The molecule has 4 heterocycles. The topological polar surface area (TPSA) is 0 Å². The summed E-state index contributed by atoms with van der Waals surface area (Å²) >= 11 is 3.88. The second-order valence-electron chi connectivity index (χ2n) is 15.5. The van der Waals surface area contributed by atoms with E-state index in [9.17, 15) is 0 Å². The molecule has 2 aliphatic heterocycles. The first-order valence-electron chi connectivity index (χ1n) is 19.5. The summed E-state index contributed by atoms with van der Waals surface area (Å²) in [6, 6.07) is 72.6. The molecular weight excluding hydrogens is 728 g/mol. The second kappa shape index (κ2) is 11.5. The van der Waals surface area contributed by atoms with Crippen molar-refractivity contribution in [3.05, 3.63) is 188 Å². The Labute approximate surface area is 334 Å². The van der Waals surface area contributed by atoms with Crippen molar-refractivity contribution in [3.8, 4) is 22.3 Å². The average molecular weight is 759 g/mol. The molecule has 0 spiro atoms. The Balaban J connectivity index is 1.27. The Morgan fingerprint density at radius 2 is 0.804 bits per heavy atom. The molecule has 2 aliphatic rings. The van der Waals surface area contributed by atoms with Crippen molar-refractivity contribution in [2.45, 2.75) is 0 Å². The lowest BCUT2D eigenvalue weighted by atomic mass is 9.35. The predicted octanol–water partition coefficient (Wildman–Crippen LogP) is 9.43. The number of thiophene rings is 2. The smallest absolute Gasteiger partial charge is 0.135 e. The van der Waals surface area contributed by atoms with Crippen LogP contribution in [0.4, 0.5) is 0 Å². The van der Waals surface area contributed by atoms with Crippen molar-refractivity contribution in [1.82, 2.24) is 0 Å². The molecule has 9 aromatic carbocycles. The van der Waals surface area contributed by atoms with Crippen LogP contribution < -0.4 is 37.1 Å². The van der Waals surface area contributed by atoms with Gasteiger partial charge >= 0.3 is 0 Å². The average Bonchev–Trinajstić information content (AvgIpc) is 3.77. The van der Waals surface area contributed by atoms with E-state index in [1.54, 1.807) is 0 Å². The Bertz CT molecular complexity index is 3250. The van der Waals surface area contributed by atoms with Crippen molar-refractivity contribution in [2.75, 3.05) is 0 Å². The van der Waals surface area contributed by atoms with Crippen LogP contribution in [0.25, 0.3) is 73.4 Å². The molecule has 4 heteroatoms. The van der Waals surface area contributed by atoms with E-state index in [2.05, 4.69) is 188 Å². The second-order valence-corrected chi connectivity index (χ2v) is 21.4. The SMILES string of the molecule is c1ccc([Si](c2ccccc2)(c2cc3c4c(c2)-c2cccc5sc6cccc(c6c25)B4c2cccc4sc5cccc-3c5c24)c2ccc3ccccc3c2)cc1. The molecule has 0 aliphatic carbocycles. The van der Waals surface area contributed by atoms with E-state index in [0.717, 1.165) is 0 Å². The van der Waals surface area contributed by atoms with Crippen molar-refractivity contribution < 1.29 is 0 Å². The molecule has 0 nitrogen and oxygen atoms in total. The third-order valence-electron chi connectivity index (χ3n) is 12.8. The molecule has 0 unspecified atom stereocenters. The zero-order chi connectivity index (χ0) is 36.5. The van der Waals surface area contributed by atoms with Crippen LogP contribution in [-0.2, 0) is 0 Å². The van der Waals surface area contributed by atoms with Gasteiger partial charge in [-0.3, -0.25) is 0 Å². The zero-order valence-electron chi connectivity index (χ0n) is 30.3. The number of fused-ring (bicyclic) bond motifs is 5. The molecule has 0 fully saturated rings. The van der Waals surface area contributed by atoms with Crippen molar-refractivity contribution in [3.63, 3.8) is 0 Å². The van der Waals surface area contributed by atoms with Gasteiger partial charge in [-0.15, -0.1) is 22.7 Å². The van der Waals surface area contributed by atoms with Crippen LogP contribution in [0.15, 0.2) is 188 Å². The summed E-state index contributed by atoms with van der Waals surface area (Å²) in [6.07, 6.45) is 0. The highest BCUT2D eigenvalue weighted by Gasteiger charge is 2.44. The van der Waals surface area contributed by atoms with Crippen LogP contribution in [-0.4, -0.2) is 14.8 Å². The molecule has 56 heavy (non-hydrogen) atoms. The first kappa shape index (κ1) is 31.2. The summed E-state index contributed by atoms with van der Waals surface area (Å²) in [6.45, 7) is 0.0852. The van der Waals surface area contributed by atoms with E-state index < -0.39 is 8.07 Å². The minimum atomic E-state index is -2.97. The summed E-state index contributed by atoms with van der Waals surface area (Å²) in [7, 11) is -2.97. The van der Waals surface area contributed by atoms with Gasteiger partial charge in [0.1, 0.15) is 0 Å². The lowest BCUT2D eigenvalue weighted by Crippen LogP contribution is -2.75. The molecular formula is C52H31BS2Si. The minimum Gasteiger partial charge on any atom is -0.135 e. The van der Waals surface area contributed by atoms with Crippen molar-refractivity contribution in [2.24, 2.45) is 0 Å². The number of rotatable bonds is 4. The van der Waals surface area contributed by atoms with Gasteiger partial charge in [0.15, 0.2) is 8.07 Å². The fourth-order valence-electron chi connectivity index (χ4n) is 10.6. The van der Waals surface area contributed by atoms with Crippen LogP contribution in [0.3, 0.4) is 0 Å². The predicted molar refractivity (Wildman–Crippen MR) is 249 cm³/mol. The molecule has 0 saturated heterocycles. The molecule has 11 aromatic rings. The van der Waals surface area contributed by atoms with Crippen molar-refractivity contribution >= 4 is 126 Å².